The molecule has 0 saturated heterocycles. The summed E-state index contributed by atoms with van der Waals surface area (Å²) in [4.78, 5) is 34.0. The van der Waals surface area contributed by atoms with Crippen LogP contribution in [0.2, 0.25) is 10.0 Å². The average molecular weight is 521 g/mol. The van der Waals surface area contributed by atoms with E-state index in [0.717, 1.165) is 64.2 Å². The van der Waals surface area contributed by atoms with Gasteiger partial charge in [0.1, 0.15) is 0 Å². The van der Waals surface area contributed by atoms with Crippen LogP contribution >= 0.6 is 23.2 Å². The molecule has 1 rings (SSSR count). The van der Waals surface area contributed by atoms with Crippen molar-refractivity contribution in [2.75, 3.05) is 18.0 Å². The van der Waals surface area contributed by atoms with Crippen LogP contribution in [0, 0.1) is 30.3 Å². The molecule has 0 amide bonds. The van der Waals surface area contributed by atoms with Gasteiger partial charge in [0.15, 0.2) is 5.69 Å². The molecule has 0 spiro atoms. The molecular weight excluding hydrogens is 487 g/mol. The first kappa shape index (κ1) is 29.8. The van der Waals surface area contributed by atoms with Crippen molar-refractivity contribution in [3.05, 3.63) is 40.4 Å². The third-order valence-corrected chi connectivity index (χ3v) is 6.42. The summed E-state index contributed by atoms with van der Waals surface area (Å²) in [7, 11) is 0. The maximum Gasteiger partial charge on any atom is 0.325 e. The summed E-state index contributed by atoms with van der Waals surface area (Å²) < 4.78 is 0. The van der Waals surface area contributed by atoms with Gasteiger partial charge in [-0.05, 0) is 12.8 Å². The first-order valence-corrected chi connectivity index (χ1v) is 12.7. The number of nitrogens with zero attached hydrogens (tertiary/aromatic N) is 4. The lowest BCUT2D eigenvalue weighted by molar-refractivity contribution is -0.401. The molecule has 0 saturated carbocycles. The number of unbranched alkanes of at least 4 members (excludes halogenated alkanes) is 10. The molecule has 34 heavy (non-hydrogen) atoms. The van der Waals surface area contributed by atoms with Crippen LogP contribution in [0.4, 0.5) is 22.7 Å². The maximum atomic E-state index is 11.9. The van der Waals surface area contributed by atoms with E-state index in [4.69, 9.17) is 23.2 Å². The van der Waals surface area contributed by atoms with Crippen molar-refractivity contribution in [3.63, 3.8) is 0 Å². The lowest BCUT2D eigenvalue weighted by atomic mass is 10.1. The normalized spacial score (nSPS) is 10.9. The number of hydrogen-bond donors (Lipinski definition) is 0. The second-order valence-corrected chi connectivity index (χ2v) is 9.07. The van der Waals surface area contributed by atoms with Crippen molar-refractivity contribution < 1.29 is 14.8 Å². The fourth-order valence-electron chi connectivity index (χ4n) is 3.94. The van der Waals surface area contributed by atoms with Crippen molar-refractivity contribution in [2.45, 2.75) is 90.9 Å². The van der Waals surface area contributed by atoms with Gasteiger partial charge in [-0.15, -0.1) is 0 Å². The second kappa shape index (κ2) is 15.7. The Morgan fingerprint density at radius 2 is 0.912 bits per heavy atom. The standard InChI is InChI=1S/C22H34Cl2N4O6/c1-3-5-7-9-11-13-15-25(16-14-12-10-8-6-4-2)22-20(27(31)32)17(23)19(26(29)30)18(24)21(22)28(33)34/h3-16H2,1-2H3. The minimum Gasteiger partial charge on any atom is -0.360 e. The van der Waals surface area contributed by atoms with Crippen LogP contribution in [-0.4, -0.2) is 27.9 Å². The van der Waals surface area contributed by atoms with Crippen LogP contribution in [0.5, 0.6) is 0 Å². The van der Waals surface area contributed by atoms with Crippen LogP contribution in [0.15, 0.2) is 0 Å². The molecule has 0 aliphatic carbocycles. The zero-order valence-corrected chi connectivity index (χ0v) is 21.4. The largest absolute Gasteiger partial charge is 0.360 e. The highest BCUT2D eigenvalue weighted by atomic mass is 35.5. The molecule has 1 aromatic carbocycles. The number of rotatable bonds is 18. The Kier molecular flexibility index (Phi) is 13.7. The summed E-state index contributed by atoms with van der Waals surface area (Å²) in [6, 6.07) is 0. The Bertz CT molecular complexity index is 796. The zero-order valence-electron chi connectivity index (χ0n) is 19.9. The minimum absolute atomic E-state index is 0.327. The molecule has 0 heterocycles. The van der Waals surface area contributed by atoms with E-state index in [1.807, 2.05) is 0 Å². The molecule has 12 heteroatoms. The maximum absolute atomic E-state index is 11.9. The Hall–Kier alpha value is -2.20. The lowest BCUT2D eigenvalue weighted by Crippen LogP contribution is -2.28. The third-order valence-electron chi connectivity index (χ3n) is 5.71. The van der Waals surface area contributed by atoms with Gasteiger partial charge in [-0.25, -0.2) is 0 Å². The molecule has 192 valence electrons. The SMILES string of the molecule is CCCCCCCCN(CCCCCCCC)c1c([N+](=O)[O-])c(Cl)c([N+](=O)[O-])c(Cl)c1[N+](=O)[O-]. The van der Waals surface area contributed by atoms with Crippen molar-refractivity contribution in [1.82, 2.24) is 0 Å². The van der Waals surface area contributed by atoms with Gasteiger partial charge in [0.2, 0.25) is 10.0 Å². The fraction of sp³-hybridized carbons (Fsp3) is 0.727. The molecule has 1 aromatic rings. The summed E-state index contributed by atoms with van der Waals surface area (Å²) in [5, 5.41) is 33.7. The number of hydrogen-bond acceptors (Lipinski definition) is 7. The average Bonchev–Trinajstić information content (AvgIpc) is 2.75. The van der Waals surface area contributed by atoms with Crippen molar-refractivity contribution in [1.29, 1.82) is 0 Å². The smallest absolute Gasteiger partial charge is 0.325 e. The van der Waals surface area contributed by atoms with Gasteiger partial charge >= 0.3 is 17.1 Å². The highest BCUT2D eigenvalue weighted by Crippen LogP contribution is 2.52. The van der Waals surface area contributed by atoms with E-state index in [1.54, 1.807) is 4.90 Å². The summed E-state index contributed by atoms with van der Waals surface area (Å²) in [6.07, 6.45) is 11.6. The lowest BCUT2D eigenvalue weighted by Gasteiger charge is -2.25. The van der Waals surface area contributed by atoms with E-state index in [9.17, 15) is 30.3 Å². The first-order chi connectivity index (χ1) is 16.2. The molecule has 0 N–H and O–H groups in total. The van der Waals surface area contributed by atoms with Gasteiger partial charge in [-0.1, -0.05) is 101 Å². The van der Waals surface area contributed by atoms with Gasteiger partial charge < -0.3 is 4.90 Å². The van der Waals surface area contributed by atoms with Crippen LogP contribution in [0.3, 0.4) is 0 Å². The van der Waals surface area contributed by atoms with Crippen LogP contribution in [-0.2, 0) is 0 Å². The monoisotopic (exact) mass is 520 g/mol. The van der Waals surface area contributed by atoms with Crippen molar-refractivity contribution >= 4 is 46.0 Å². The van der Waals surface area contributed by atoms with Gasteiger partial charge in [-0.3, -0.25) is 30.3 Å². The zero-order chi connectivity index (χ0) is 25.7. The number of benzene rings is 1. The molecule has 0 bridgehead atoms. The van der Waals surface area contributed by atoms with E-state index >= 15 is 0 Å². The Balaban J connectivity index is 3.38. The number of nitro benzene ring substituents is 3. The molecule has 0 unspecified atom stereocenters. The fourth-order valence-corrected chi connectivity index (χ4v) is 4.63. The van der Waals surface area contributed by atoms with Gasteiger partial charge in [0.25, 0.3) is 0 Å². The Morgan fingerprint density at radius 1 is 0.588 bits per heavy atom. The van der Waals surface area contributed by atoms with E-state index in [-0.39, 0.29) is 5.69 Å². The molecular formula is C22H34Cl2N4O6. The van der Waals surface area contributed by atoms with E-state index in [0.29, 0.717) is 25.9 Å². The van der Waals surface area contributed by atoms with Crippen LogP contribution < -0.4 is 4.90 Å². The van der Waals surface area contributed by atoms with Gasteiger partial charge in [0, 0.05) is 13.1 Å². The molecule has 0 aliphatic rings. The predicted molar refractivity (Wildman–Crippen MR) is 135 cm³/mol. The summed E-state index contributed by atoms with van der Waals surface area (Å²) in [5.74, 6) is 0. The van der Waals surface area contributed by atoms with E-state index in [2.05, 4.69) is 13.8 Å². The molecule has 0 aromatic heterocycles. The molecule has 0 aliphatic heterocycles. The van der Waals surface area contributed by atoms with Gasteiger partial charge in [-0.2, -0.15) is 0 Å². The minimum atomic E-state index is -1.03. The second-order valence-electron chi connectivity index (χ2n) is 8.32. The summed E-state index contributed by atoms with van der Waals surface area (Å²) >= 11 is 12.1. The molecule has 10 nitrogen and oxygen atoms in total. The molecule has 0 fully saturated rings. The highest BCUT2D eigenvalue weighted by molar-refractivity contribution is 6.42. The first-order valence-electron chi connectivity index (χ1n) is 11.9. The van der Waals surface area contributed by atoms with Crippen LogP contribution in [0.25, 0.3) is 0 Å². The van der Waals surface area contributed by atoms with E-state index < -0.39 is 41.9 Å². The quantitative estimate of drug-likeness (QED) is 0.108. The van der Waals surface area contributed by atoms with Gasteiger partial charge in [0.05, 0.1) is 14.8 Å². The van der Waals surface area contributed by atoms with Crippen molar-refractivity contribution in [2.24, 2.45) is 0 Å². The predicted octanol–water partition coefficient (Wildman–Crippen LogP) is 8.25. The topological polar surface area (TPSA) is 133 Å². The number of halogens is 2. The Morgan fingerprint density at radius 3 is 1.24 bits per heavy atom. The number of anilines is 1. The molecule has 0 atom stereocenters. The highest BCUT2D eigenvalue weighted by Gasteiger charge is 2.43. The summed E-state index contributed by atoms with van der Waals surface area (Å²) in [6.45, 7) is 4.88. The third kappa shape index (κ3) is 8.54. The summed E-state index contributed by atoms with van der Waals surface area (Å²) in [5.41, 5.74) is -3.06. The number of nitro groups is 3. The Labute approximate surface area is 210 Å². The van der Waals surface area contributed by atoms with Crippen LogP contribution in [0.1, 0.15) is 90.9 Å². The van der Waals surface area contributed by atoms with Crippen molar-refractivity contribution in [3.8, 4) is 0 Å². The molecule has 0 radical (unpaired) electrons. The van der Waals surface area contributed by atoms with E-state index in [1.165, 1.54) is 0 Å².